The van der Waals surface area contributed by atoms with Gasteiger partial charge < -0.3 is 38.8 Å². The van der Waals surface area contributed by atoms with Crippen LogP contribution in [0.1, 0.15) is 38.0 Å². The van der Waals surface area contributed by atoms with E-state index in [1.165, 1.54) is 0 Å². The summed E-state index contributed by atoms with van der Waals surface area (Å²) in [5.74, 6) is -4.08. The maximum atomic E-state index is 13.0. The van der Waals surface area contributed by atoms with Crippen LogP contribution in [-0.2, 0) is 35.0 Å². The first-order valence-electron chi connectivity index (χ1n) is 13.0. The third kappa shape index (κ3) is 8.55. The van der Waals surface area contributed by atoms with Crippen molar-refractivity contribution in [3.05, 3.63) is 58.6 Å². The fraction of sp³-hybridized carbons (Fsp3) is 0.500. The van der Waals surface area contributed by atoms with Gasteiger partial charge in [0.2, 0.25) is 0 Å². The Morgan fingerprint density at radius 1 is 0.949 bits per heavy atom. The number of rotatable bonds is 16. The van der Waals surface area contributed by atoms with Crippen molar-refractivity contribution in [2.75, 3.05) is 46.2 Å². The Hall–Kier alpha value is -2.89. The van der Waals surface area contributed by atoms with E-state index in [2.05, 4.69) is 5.32 Å². The summed E-state index contributed by atoms with van der Waals surface area (Å²) < 4.78 is 32.3. The molecule has 2 atom stereocenters. The number of halogens is 1. The second-order valence-electron chi connectivity index (χ2n) is 8.85. The SMILES string of the molecule is CCOCCOC(=O)C1(C(=O)OCCOCC)Oc2ccc(C[C@@H](C)NC[C@H](O)c3cccc(Cl)c3)cc2O1. The second-order valence-corrected chi connectivity index (χ2v) is 9.29. The van der Waals surface area contributed by atoms with Crippen molar-refractivity contribution in [3.63, 3.8) is 0 Å². The molecule has 39 heavy (non-hydrogen) atoms. The van der Waals surface area contributed by atoms with Crippen LogP contribution in [0.25, 0.3) is 0 Å². The summed E-state index contributed by atoms with van der Waals surface area (Å²) in [6.45, 7) is 6.99. The zero-order chi connectivity index (χ0) is 28.3. The maximum Gasteiger partial charge on any atom is 0.453 e. The quantitative estimate of drug-likeness (QED) is 0.178. The van der Waals surface area contributed by atoms with Gasteiger partial charge in [-0.15, -0.1) is 0 Å². The number of ether oxygens (including phenoxy) is 6. The Kier molecular flexibility index (Phi) is 11.8. The molecule has 11 heteroatoms. The van der Waals surface area contributed by atoms with Crippen molar-refractivity contribution in [2.45, 2.75) is 45.1 Å². The molecule has 1 aliphatic rings. The van der Waals surface area contributed by atoms with Crippen LogP contribution >= 0.6 is 11.6 Å². The van der Waals surface area contributed by atoms with E-state index in [0.717, 1.165) is 11.1 Å². The van der Waals surface area contributed by atoms with E-state index in [-0.39, 0.29) is 44.0 Å². The molecule has 2 aromatic carbocycles. The Labute approximate surface area is 233 Å². The predicted molar refractivity (Wildman–Crippen MR) is 143 cm³/mol. The van der Waals surface area contributed by atoms with Gasteiger partial charge in [-0.25, -0.2) is 9.59 Å². The molecular formula is C28H36ClNO9. The molecule has 1 aliphatic heterocycles. The molecule has 1 heterocycles. The van der Waals surface area contributed by atoms with Crippen LogP contribution in [0.4, 0.5) is 0 Å². The molecule has 0 radical (unpaired) electrons. The Morgan fingerprint density at radius 3 is 2.21 bits per heavy atom. The lowest BCUT2D eigenvalue weighted by molar-refractivity contribution is -0.204. The van der Waals surface area contributed by atoms with Crippen LogP contribution in [0.2, 0.25) is 5.02 Å². The summed E-state index contributed by atoms with van der Waals surface area (Å²) in [4.78, 5) is 26.0. The molecule has 0 saturated heterocycles. The standard InChI is InChI=1S/C28H36ClNO9/c1-4-34-11-13-36-26(32)28(27(33)37-14-12-35-5-2)38-24-10-9-20(16-25(24)39-28)15-19(3)30-18-23(31)21-7-6-8-22(29)17-21/h6-10,16-17,19,23,30-31H,4-5,11-15,18H2,1-3H3/t19-,23+/m1/s1. The fourth-order valence-corrected chi connectivity index (χ4v) is 4.06. The van der Waals surface area contributed by atoms with Gasteiger partial charge in [-0.2, -0.15) is 0 Å². The van der Waals surface area contributed by atoms with Gasteiger partial charge in [-0.1, -0.05) is 29.8 Å². The highest BCUT2D eigenvalue weighted by molar-refractivity contribution is 6.30. The first-order chi connectivity index (χ1) is 18.8. The summed E-state index contributed by atoms with van der Waals surface area (Å²) >= 11 is 6.02. The summed E-state index contributed by atoms with van der Waals surface area (Å²) in [5.41, 5.74) is 1.59. The second kappa shape index (κ2) is 15.0. The lowest BCUT2D eigenvalue weighted by atomic mass is 10.1. The molecule has 0 unspecified atom stereocenters. The molecule has 0 amide bonds. The van der Waals surface area contributed by atoms with Crippen LogP contribution < -0.4 is 14.8 Å². The van der Waals surface area contributed by atoms with Crippen molar-refractivity contribution in [1.82, 2.24) is 5.32 Å². The summed E-state index contributed by atoms with van der Waals surface area (Å²) in [6.07, 6.45) is -0.144. The molecule has 214 valence electrons. The molecule has 0 aromatic heterocycles. The molecule has 3 rings (SSSR count). The zero-order valence-corrected chi connectivity index (χ0v) is 23.2. The lowest BCUT2D eigenvalue weighted by Gasteiger charge is -2.23. The number of fused-ring (bicyclic) bond motifs is 1. The molecule has 10 nitrogen and oxygen atoms in total. The van der Waals surface area contributed by atoms with Crippen LogP contribution in [0.3, 0.4) is 0 Å². The van der Waals surface area contributed by atoms with Crippen molar-refractivity contribution in [3.8, 4) is 11.5 Å². The third-order valence-corrected chi connectivity index (χ3v) is 6.05. The lowest BCUT2D eigenvalue weighted by Crippen LogP contribution is -2.56. The van der Waals surface area contributed by atoms with E-state index in [0.29, 0.717) is 31.2 Å². The van der Waals surface area contributed by atoms with Gasteiger partial charge in [-0.05, 0) is 62.6 Å². The Bertz CT molecular complexity index is 1070. The predicted octanol–water partition coefficient (Wildman–Crippen LogP) is 3.22. The van der Waals surface area contributed by atoms with Crippen molar-refractivity contribution < 1.29 is 43.1 Å². The normalized spacial score (nSPS) is 15.0. The van der Waals surface area contributed by atoms with Crippen LogP contribution in [0.15, 0.2) is 42.5 Å². The number of carbonyl (C=O) groups excluding carboxylic acids is 2. The van der Waals surface area contributed by atoms with Gasteiger partial charge in [0.05, 0.1) is 19.3 Å². The number of aliphatic hydroxyl groups excluding tert-OH is 1. The fourth-order valence-electron chi connectivity index (χ4n) is 3.86. The highest BCUT2D eigenvalue weighted by Crippen LogP contribution is 2.41. The minimum absolute atomic E-state index is 0.0176. The average Bonchev–Trinajstić information content (AvgIpc) is 3.32. The van der Waals surface area contributed by atoms with E-state index < -0.39 is 23.8 Å². The third-order valence-electron chi connectivity index (χ3n) is 5.82. The number of aliphatic hydroxyl groups is 1. The zero-order valence-electron chi connectivity index (χ0n) is 22.4. The highest BCUT2D eigenvalue weighted by atomic mass is 35.5. The number of hydrogen-bond acceptors (Lipinski definition) is 10. The number of carbonyl (C=O) groups is 2. The number of hydrogen-bond donors (Lipinski definition) is 2. The summed E-state index contributed by atoms with van der Waals surface area (Å²) in [7, 11) is 0. The van der Waals surface area contributed by atoms with E-state index in [9.17, 15) is 14.7 Å². The highest BCUT2D eigenvalue weighted by Gasteiger charge is 2.59. The van der Waals surface area contributed by atoms with Crippen LogP contribution in [-0.4, -0.2) is 75.1 Å². The Balaban J connectivity index is 1.64. The molecule has 2 aromatic rings. The largest absolute Gasteiger partial charge is 0.457 e. The number of benzene rings is 2. The Morgan fingerprint density at radius 2 is 1.59 bits per heavy atom. The molecule has 0 fully saturated rings. The van der Waals surface area contributed by atoms with Crippen molar-refractivity contribution >= 4 is 23.5 Å². The van der Waals surface area contributed by atoms with Gasteiger partial charge in [0, 0.05) is 30.8 Å². The van der Waals surface area contributed by atoms with Crippen molar-refractivity contribution in [1.29, 1.82) is 0 Å². The first-order valence-corrected chi connectivity index (χ1v) is 13.3. The van der Waals surface area contributed by atoms with Crippen LogP contribution in [0.5, 0.6) is 11.5 Å². The van der Waals surface area contributed by atoms with Crippen LogP contribution in [0, 0.1) is 0 Å². The van der Waals surface area contributed by atoms with Gasteiger partial charge in [0.15, 0.2) is 11.5 Å². The minimum atomic E-state index is -2.43. The minimum Gasteiger partial charge on any atom is -0.457 e. The van der Waals surface area contributed by atoms with E-state index in [1.807, 2.05) is 32.9 Å². The van der Waals surface area contributed by atoms with E-state index in [1.54, 1.807) is 30.3 Å². The van der Waals surface area contributed by atoms with Gasteiger partial charge >= 0.3 is 17.7 Å². The van der Waals surface area contributed by atoms with Gasteiger partial charge in [0.1, 0.15) is 13.2 Å². The summed E-state index contributed by atoms with van der Waals surface area (Å²) in [5, 5.41) is 14.3. The van der Waals surface area contributed by atoms with Gasteiger partial charge in [-0.3, -0.25) is 0 Å². The number of nitrogens with one attached hydrogen (secondary N) is 1. The molecule has 0 bridgehead atoms. The molecule has 0 saturated carbocycles. The van der Waals surface area contributed by atoms with E-state index >= 15 is 0 Å². The molecule has 2 N–H and O–H groups in total. The first kappa shape index (κ1) is 30.6. The van der Waals surface area contributed by atoms with E-state index in [4.69, 9.17) is 40.0 Å². The number of esters is 2. The maximum absolute atomic E-state index is 13.0. The molecule has 0 spiro atoms. The van der Waals surface area contributed by atoms with Gasteiger partial charge in [0.25, 0.3) is 0 Å². The smallest absolute Gasteiger partial charge is 0.453 e. The topological polar surface area (TPSA) is 122 Å². The summed E-state index contributed by atoms with van der Waals surface area (Å²) in [6, 6.07) is 12.2. The average molecular weight is 566 g/mol. The monoisotopic (exact) mass is 565 g/mol. The molecule has 0 aliphatic carbocycles. The molecular weight excluding hydrogens is 530 g/mol. The van der Waals surface area contributed by atoms with Crippen molar-refractivity contribution in [2.24, 2.45) is 0 Å².